The lowest BCUT2D eigenvalue weighted by molar-refractivity contribution is 0.0941. The van der Waals surface area contributed by atoms with Crippen LogP contribution in [0.15, 0.2) is 53.9 Å². The molecule has 172 valence electrons. The minimum absolute atomic E-state index is 0.0712. The van der Waals surface area contributed by atoms with Crippen LogP contribution in [0.4, 0.5) is 0 Å². The van der Waals surface area contributed by atoms with Crippen LogP contribution < -0.4 is 10.1 Å². The molecule has 0 fully saturated rings. The highest BCUT2D eigenvalue weighted by atomic mass is 35.5. The summed E-state index contributed by atoms with van der Waals surface area (Å²) in [6.45, 7) is 7.40. The van der Waals surface area contributed by atoms with Crippen LogP contribution in [0.2, 0.25) is 5.02 Å². The average molecular weight is 482 g/mol. The number of thiophene rings is 1. The van der Waals surface area contributed by atoms with Crippen molar-refractivity contribution in [3.63, 3.8) is 0 Å². The molecule has 2 aromatic heterocycles. The Labute approximate surface area is 203 Å². The van der Waals surface area contributed by atoms with Gasteiger partial charge in [0.1, 0.15) is 11.6 Å². The molecule has 1 atom stereocenters. The molecule has 0 saturated carbocycles. The fraction of sp³-hybridized carbons (Fsp3) is 0.308. The van der Waals surface area contributed by atoms with E-state index in [4.69, 9.17) is 21.3 Å². The van der Waals surface area contributed by atoms with Gasteiger partial charge in [0.25, 0.3) is 5.91 Å². The largest absolute Gasteiger partial charge is 0.494 e. The Morgan fingerprint density at radius 2 is 1.91 bits per heavy atom. The summed E-state index contributed by atoms with van der Waals surface area (Å²) in [4.78, 5) is 18.1. The number of ether oxygens (including phenoxy) is 1. The predicted octanol–water partition coefficient (Wildman–Crippen LogP) is 6.72. The summed E-state index contributed by atoms with van der Waals surface area (Å²) in [5.41, 5.74) is 4.07. The number of aromatic nitrogens is 2. The first-order valence-electron chi connectivity index (χ1n) is 11.1. The monoisotopic (exact) mass is 481 g/mol. The van der Waals surface area contributed by atoms with Crippen LogP contribution in [0.1, 0.15) is 52.4 Å². The SMILES string of the molecule is Cc1cc(OCCCCn2c(C(C)NC(=O)c3cccs3)nc3ccccc32)cc(C)c1Cl. The van der Waals surface area contributed by atoms with E-state index in [-0.39, 0.29) is 11.9 Å². The van der Waals surface area contributed by atoms with Gasteiger partial charge in [0.2, 0.25) is 0 Å². The molecule has 4 aromatic rings. The van der Waals surface area contributed by atoms with E-state index in [0.29, 0.717) is 11.5 Å². The Morgan fingerprint density at radius 1 is 1.15 bits per heavy atom. The second kappa shape index (κ2) is 10.4. The zero-order chi connectivity index (χ0) is 23.4. The van der Waals surface area contributed by atoms with Crippen molar-refractivity contribution >= 4 is 39.9 Å². The lowest BCUT2D eigenvalue weighted by Crippen LogP contribution is -2.28. The summed E-state index contributed by atoms with van der Waals surface area (Å²) in [6.07, 6.45) is 1.84. The van der Waals surface area contributed by atoms with Crippen molar-refractivity contribution in [1.82, 2.24) is 14.9 Å². The summed E-state index contributed by atoms with van der Waals surface area (Å²) in [7, 11) is 0. The van der Waals surface area contributed by atoms with Crippen LogP contribution in [-0.2, 0) is 6.54 Å². The number of benzene rings is 2. The molecular formula is C26H28ClN3O2S. The number of nitrogens with zero attached hydrogens (tertiary/aromatic N) is 2. The van der Waals surface area contributed by atoms with E-state index >= 15 is 0 Å². The smallest absolute Gasteiger partial charge is 0.261 e. The molecule has 4 rings (SSSR count). The zero-order valence-electron chi connectivity index (χ0n) is 19.1. The van der Waals surface area contributed by atoms with Crippen molar-refractivity contribution in [2.75, 3.05) is 6.61 Å². The molecule has 7 heteroatoms. The van der Waals surface area contributed by atoms with Crippen LogP contribution in [0, 0.1) is 13.8 Å². The Morgan fingerprint density at radius 3 is 2.64 bits per heavy atom. The molecule has 0 radical (unpaired) electrons. The summed E-state index contributed by atoms with van der Waals surface area (Å²) in [5.74, 6) is 1.65. The Kier molecular flexibility index (Phi) is 7.36. The number of hydrogen-bond donors (Lipinski definition) is 1. The molecule has 0 bridgehead atoms. The second-order valence-electron chi connectivity index (χ2n) is 8.21. The van der Waals surface area contributed by atoms with Gasteiger partial charge in [-0.05, 0) is 80.5 Å². The van der Waals surface area contributed by atoms with Crippen molar-refractivity contribution in [3.8, 4) is 5.75 Å². The quantitative estimate of drug-likeness (QED) is 0.270. The van der Waals surface area contributed by atoms with Gasteiger partial charge < -0.3 is 14.6 Å². The van der Waals surface area contributed by atoms with Crippen LogP contribution >= 0.6 is 22.9 Å². The molecule has 0 spiro atoms. The number of para-hydroxylation sites is 2. The number of nitrogens with one attached hydrogen (secondary N) is 1. The van der Waals surface area contributed by atoms with Crippen molar-refractivity contribution in [1.29, 1.82) is 0 Å². The normalized spacial score (nSPS) is 12.1. The number of aryl methyl sites for hydroxylation is 3. The van der Waals surface area contributed by atoms with Gasteiger partial charge in [-0.1, -0.05) is 29.8 Å². The maximum Gasteiger partial charge on any atom is 0.261 e. The van der Waals surface area contributed by atoms with Gasteiger partial charge in [0, 0.05) is 11.6 Å². The number of carbonyl (C=O) groups is 1. The van der Waals surface area contributed by atoms with E-state index in [9.17, 15) is 4.79 Å². The van der Waals surface area contributed by atoms with Gasteiger partial charge in [-0.15, -0.1) is 11.3 Å². The zero-order valence-corrected chi connectivity index (χ0v) is 20.7. The van der Waals surface area contributed by atoms with E-state index < -0.39 is 0 Å². The van der Waals surface area contributed by atoms with Crippen molar-refractivity contribution < 1.29 is 9.53 Å². The number of rotatable bonds is 9. The molecule has 2 heterocycles. The number of imidazole rings is 1. The maximum absolute atomic E-state index is 12.6. The molecule has 0 aliphatic heterocycles. The fourth-order valence-corrected chi connectivity index (χ4v) is 4.69. The van der Waals surface area contributed by atoms with Gasteiger partial charge in [-0.25, -0.2) is 4.98 Å². The highest BCUT2D eigenvalue weighted by molar-refractivity contribution is 7.12. The Balaban J connectivity index is 1.41. The van der Waals surface area contributed by atoms with E-state index in [1.165, 1.54) is 11.3 Å². The first-order valence-corrected chi connectivity index (χ1v) is 12.4. The third-order valence-electron chi connectivity index (χ3n) is 5.62. The standard InChI is InChI=1S/C26H28ClN3O2S/c1-17-15-20(16-18(2)24(17)27)32-13-7-6-12-30-22-10-5-4-9-21(22)29-25(30)19(3)28-26(31)23-11-8-14-33-23/h4-5,8-11,14-16,19H,6-7,12-13H2,1-3H3,(H,28,31). The van der Waals surface area contributed by atoms with Crippen molar-refractivity contribution in [2.45, 2.75) is 46.2 Å². The molecule has 0 aliphatic rings. The molecule has 1 amide bonds. The van der Waals surface area contributed by atoms with E-state index in [0.717, 1.165) is 58.1 Å². The van der Waals surface area contributed by atoms with Crippen LogP contribution in [-0.4, -0.2) is 22.1 Å². The lowest BCUT2D eigenvalue weighted by Gasteiger charge is -2.16. The third kappa shape index (κ3) is 5.40. The molecular weight excluding hydrogens is 454 g/mol. The fourth-order valence-electron chi connectivity index (χ4n) is 3.95. The number of amides is 1. The van der Waals surface area contributed by atoms with Gasteiger partial charge in [0.05, 0.1) is 28.6 Å². The lowest BCUT2D eigenvalue weighted by atomic mass is 10.1. The van der Waals surface area contributed by atoms with Gasteiger partial charge in [0.15, 0.2) is 0 Å². The molecule has 1 unspecified atom stereocenters. The van der Waals surface area contributed by atoms with Gasteiger partial charge in [-0.3, -0.25) is 4.79 Å². The molecule has 0 saturated heterocycles. The number of fused-ring (bicyclic) bond motifs is 1. The minimum Gasteiger partial charge on any atom is -0.494 e. The predicted molar refractivity (Wildman–Crippen MR) is 136 cm³/mol. The molecule has 5 nitrogen and oxygen atoms in total. The number of carbonyl (C=O) groups excluding carboxylic acids is 1. The Hall–Kier alpha value is -2.83. The summed E-state index contributed by atoms with van der Waals surface area (Å²) in [6, 6.07) is 15.6. The van der Waals surface area contributed by atoms with Crippen LogP contribution in [0.25, 0.3) is 11.0 Å². The second-order valence-corrected chi connectivity index (χ2v) is 9.54. The van der Waals surface area contributed by atoms with Crippen molar-refractivity contribution in [2.24, 2.45) is 0 Å². The summed E-state index contributed by atoms with van der Waals surface area (Å²) >= 11 is 7.69. The first kappa shape index (κ1) is 23.3. The minimum atomic E-state index is -0.205. The number of halogens is 1. The number of unbranched alkanes of at least 4 members (excludes halogenated alkanes) is 1. The molecule has 0 aliphatic carbocycles. The molecule has 2 aromatic carbocycles. The Bertz CT molecular complexity index is 1230. The maximum atomic E-state index is 12.6. The van der Waals surface area contributed by atoms with E-state index in [2.05, 4.69) is 16.0 Å². The van der Waals surface area contributed by atoms with Gasteiger partial charge in [-0.2, -0.15) is 0 Å². The highest BCUT2D eigenvalue weighted by Gasteiger charge is 2.19. The molecule has 33 heavy (non-hydrogen) atoms. The van der Waals surface area contributed by atoms with E-state index in [1.807, 2.05) is 68.6 Å². The molecule has 1 N–H and O–H groups in total. The number of hydrogen-bond acceptors (Lipinski definition) is 4. The van der Waals surface area contributed by atoms with Crippen molar-refractivity contribution in [3.05, 3.63) is 80.8 Å². The van der Waals surface area contributed by atoms with E-state index in [1.54, 1.807) is 0 Å². The van der Waals surface area contributed by atoms with Crippen LogP contribution in [0.5, 0.6) is 5.75 Å². The van der Waals surface area contributed by atoms with Gasteiger partial charge >= 0.3 is 0 Å². The first-order chi connectivity index (χ1) is 15.9. The highest BCUT2D eigenvalue weighted by Crippen LogP contribution is 2.26. The van der Waals surface area contributed by atoms with Crippen LogP contribution in [0.3, 0.4) is 0 Å². The summed E-state index contributed by atoms with van der Waals surface area (Å²) < 4.78 is 8.18. The topological polar surface area (TPSA) is 56.1 Å². The third-order valence-corrected chi connectivity index (χ3v) is 7.08. The summed E-state index contributed by atoms with van der Waals surface area (Å²) in [5, 5.41) is 5.79. The average Bonchev–Trinajstić information content (AvgIpc) is 3.46.